The number of hydrazone groups is 1. The zero-order valence-corrected chi connectivity index (χ0v) is 12.4. The van der Waals surface area contributed by atoms with Crippen LogP contribution in [0.25, 0.3) is 4.96 Å². The third-order valence-corrected chi connectivity index (χ3v) is 3.88. The lowest BCUT2D eigenvalue weighted by Crippen LogP contribution is -2.25. The third-order valence-electron chi connectivity index (χ3n) is 2.54. The molecule has 0 saturated carbocycles. The second kappa shape index (κ2) is 5.06. The van der Waals surface area contributed by atoms with Gasteiger partial charge in [0.15, 0.2) is 10.1 Å². The average molecular weight is 295 g/mol. The molecule has 2 aromatic heterocycles. The van der Waals surface area contributed by atoms with Gasteiger partial charge < -0.3 is 5.73 Å². The lowest BCUT2D eigenvalue weighted by atomic mass is 10.3. The van der Waals surface area contributed by atoms with Crippen LogP contribution in [-0.2, 0) is 0 Å². The molecule has 0 aliphatic heterocycles. The summed E-state index contributed by atoms with van der Waals surface area (Å²) in [5, 5.41) is 4.17. The second-order valence-electron chi connectivity index (χ2n) is 4.04. The first-order valence-electron chi connectivity index (χ1n) is 5.50. The van der Waals surface area contributed by atoms with Gasteiger partial charge in [0.2, 0.25) is 0 Å². The van der Waals surface area contributed by atoms with Gasteiger partial charge >= 0.3 is 0 Å². The molecule has 0 aliphatic rings. The van der Waals surface area contributed by atoms with Crippen LogP contribution in [0.15, 0.2) is 16.0 Å². The van der Waals surface area contributed by atoms with Gasteiger partial charge in [-0.25, -0.2) is 4.98 Å². The third kappa shape index (κ3) is 2.64. The summed E-state index contributed by atoms with van der Waals surface area (Å²) in [5.74, 6) is 0. The summed E-state index contributed by atoms with van der Waals surface area (Å²) in [5.41, 5.74) is 9.99. The molecule has 2 heterocycles. The first-order valence-corrected chi connectivity index (χ1v) is 6.72. The SMILES string of the molecule is C/C(=N\NC(N)=S)c1sc2nc(C)cc(=O)n2c1C. The van der Waals surface area contributed by atoms with Gasteiger partial charge in [0, 0.05) is 17.5 Å². The molecule has 8 heteroatoms. The van der Waals surface area contributed by atoms with Gasteiger partial charge in [-0.1, -0.05) is 11.3 Å². The maximum Gasteiger partial charge on any atom is 0.258 e. The van der Waals surface area contributed by atoms with Crippen molar-refractivity contribution in [2.45, 2.75) is 20.8 Å². The molecule has 0 unspecified atom stereocenters. The molecule has 0 aliphatic carbocycles. The van der Waals surface area contributed by atoms with Crippen molar-refractivity contribution >= 4 is 39.3 Å². The molecule has 0 amide bonds. The van der Waals surface area contributed by atoms with Crippen LogP contribution in [-0.4, -0.2) is 20.2 Å². The normalized spacial score (nSPS) is 11.8. The molecule has 3 N–H and O–H groups in total. The fraction of sp³-hybridized carbons (Fsp3) is 0.273. The number of nitrogens with zero attached hydrogens (tertiary/aromatic N) is 3. The Morgan fingerprint density at radius 1 is 1.58 bits per heavy atom. The van der Waals surface area contributed by atoms with E-state index in [1.807, 2.05) is 13.8 Å². The standard InChI is InChI=1S/C11H13N5OS2/c1-5-4-8(17)16-7(3)9(19-11(16)13-5)6(2)14-15-10(12)18/h4H,1-3H3,(H3,12,15,18)/b14-6+. The van der Waals surface area contributed by atoms with Crippen molar-refractivity contribution in [2.24, 2.45) is 10.8 Å². The van der Waals surface area contributed by atoms with Crippen LogP contribution < -0.4 is 16.7 Å². The van der Waals surface area contributed by atoms with Crippen LogP contribution >= 0.6 is 23.6 Å². The number of aryl methyl sites for hydroxylation is 2. The van der Waals surface area contributed by atoms with Gasteiger partial charge in [-0.2, -0.15) is 5.10 Å². The van der Waals surface area contributed by atoms with Crippen molar-refractivity contribution in [3.63, 3.8) is 0 Å². The quantitative estimate of drug-likeness (QED) is 0.489. The summed E-state index contributed by atoms with van der Waals surface area (Å²) < 4.78 is 1.58. The highest BCUT2D eigenvalue weighted by Crippen LogP contribution is 2.20. The van der Waals surface area contributed by atoms with Crippen molar-refractivity contribution in [1.29, 1.82) is 0 Å². The number of aromatic nitrogens is 2. The predicted molar refractivity (Wildman–Crippen MR) is 80.9 cm³/mol. The van der Waals surface area contributed by atoms with Crippen molar-refractivity contribution < 1.29 is 0 Å². The molecular weight excluding hydrogens is 282 g/mol. The van der Waals surface area contributed by atoms with Gasteiger partial charge in [0.05, 0.1) is 10.6 Å². The van der Waals surface area contributed by atoms with Gasteiger partial charge in [-0.05, 0) is 33.0 Å². The van der Waals surface area contributed by atoms with Crippen LogP contribution in [0.2, 0.25) is 0 Å². The van der Waals surface area contributed by atoms with Crippen LogP contribution in [0, 0.1) is 13.8 Å². The molecule has 2 aromatic rings. The number of hydrogen-bond donors (Lipinski definition) is 2. The van der Waals surface area contributed by atoms with Crippen molar-refractivity contribution in [3.8, 4) is 0 Å². The Labute approximate surface area is 119 Å². The number of rotatable bonds is 2. The molecule has 19 heavy (non-hydrogen) atoms. The summed E-state index contributed by atoms with van der Waals surface area (Å²) in [4.78, 5) is 17.8. The second-order valence-corrected chi connectivity index (χ2v) is 5.46. The number of nitrogens with two attached hydrogens (primary N) is 1. The van der Waals surface area contributed by atoms with E-state index in [0.29, 0.717) is 16.4 Å². The monoisotopic (exact) mass is 295 g/mol. The van der Waals surface area contributed by atoms with E-state index in [2.05, 4.69) is 15.5 Å². The fourth-order valence-electron chi connectivity index (χ4n) is 1.74. The average Bonchev–Trinajstić information content (AvgIpc) is 2.63. The summed E-state index contributed by atoms with van der Waals surface area (Å²) in [6, 6.07) is 1.51. The minimum atomic E-state index is -0.0856. The van der Waals surface area contributed by atoms with E-state index in [-0.39, 0.29) is 10.7 Å². The minimum absolute atomic E-state index is 0.0856. The Morgan fingerprint density at radius 3 is 2.89 bits per heavy atom. The minimum Gasteiger partial charge on any atom is -0.375 e. The van der Waals surface area contributed by atoms with Crippen LogP contribution in [0.1, 0.15) is 23.2 Å². The molecular formula is C11H13N5OS2. The van der Waals surface area contributed by atoms with Gasteiger partial charge in [-0.15, -0.1) is 0 Å². The van der Waals surface area contributed by atoms with E-state index in [9.17, 15) is 4.79 Å². The Balaban J connectivity index is 2.60. The largest absolute Gasteiger partial charge is 0.375 e. The Kier molecular flexibility index (Phi) is 3.63. The number of thiazole rings is 1. The smallest absolute Gasteiger partial charge is 0.258 e. The molecule has 0 aromatic carbocycles. The van der Waals surface area contributed by atoms with Crippen LogP contribution in [0.3, 0.4) is 0 Å². The Hall–Kier alpha value is -1.80. The molecule has 0 spiro atoms. The molecule has 0 atom stereocenters. The lowest BCUT2D eigenvalue weighted by molar-refractivity contribution is 0.994. The van der Waals surface area contributed by atoms with E-state index in [1.54, 1.807) is 11.3 Å². The first-order chi connectivity index (χ1) is 8.90. The Bertz CT molecular complexity index is 743. The van der Waals surface area contributed by atoms with Crippen molar-refractivity contribution in [2.75, 3.05) is 0 Å². The molecule has 0 saturated heterocycles. The maximum atomic E-state index is 12.0. The zero-order valence-electron chi connectivity index (χ0n) is 10.7. The van der Waals surface area contributed by atoms with Crippen molar-refractivity contribution in [3.05, 3.63) is 32.7 Å². The number of fused-ring (bicyclic) bond motifs is 1. The summed E-state index contributed by atoms with van der Waals surface area (Å²) in [7, 11) is 0. The number of thiocarbonyl (C=S) groups is 1. The van der Waals surface area contributed by atoms with Gasteiger partial charge in [-0.3, -0.25) is 14.6 Å². The highest BCUT2D eigenvalue weighted by atomic mass is 32.1. The summed E-state index contributed by atoms with van der Waals surface area (Å²) >= 11 is 6.10. The number of hydrogen-bond acceptors (Lipinski definition) is 5. The molecule has 0 fully saturated rings. The highest BCUT2D eigenvalue weighted by molar-refractivity contribution is 7.80. The first kappa shape index (κ1) is 13.6. The zero-order chi connectivity index (χ0) is 14.2. The van der Waals surface area contributed by atoms with Gasteiger partial charge in [0.25, 0.3) is 5.56 Å². The van der Waals surface area contributed by atoms with E-state index in [4.69, 9.17) is 18.0 Å². The van der Waals surface area contributed by atoms with Crippen LogP contribution in [0.5, 0.6) is 0 Å². The van der Waals surface area contributed by atoms with Gasteiger partial charge in [0.1, 0.15) is 0 Å². The van der Waals surface area contributed by atoms with E-state index in [1.165, 1.54) is 17.4 Å². The predicted octanol–water partition coefficient (Wildman–Crippen LogP) is 0.930. The molecule has 0 bridgehead atoms. The Morgan fingerprint density at radius 2 is 2.26 bits per heavy atom. The molecule has 100 valence electrons. The van der Waals surface area contributed by atoms with E-state index in [0.717, 1.165) is 10.6 Å². The van der Waals surface area contributed by atoms with E-state index >= 15 is 0 Å². The van der Waals surface area contributed by atoms with E-state index < -0.39 is 0 Å². The molecule has 0 radical (unpaired) electrons. The summed E-state index contributed by atoms with van der Waals surface area (Å²) in [6.07, 6.45) is 0. The fourth-order valence-corrected chi connectivity index (χ4v) is 2.91. The highest BCUT2D eigenvalue weighted by Gasteiger charge is 2.13. The topological polar surface area (TPSA) is 84.8 Å². The molecule has 2 rings (SSSR count). The summed E-state index contributed by atoms with van der Waals surface area (Å²) in [6.45, 7) is 5.48. The molecule has 6 nitrogen and oxygen atoms in total. The van der Waals surface area contributed by atoms with Crippen LogP contribution in [0.4, 0.5) is 0 Å². The number of nitrogens with one attached hydrogen (secondary N) is 1. The maximum absolute atomic E-state index is 12.0. The lowest BCUT2D eigenvalue weighted by Gasteiger charge is -2.00. The van der Waals surface area contributed by atoms with Crippen molar-refractivity contribution in [1.82, 2.24) is 14.8 Å².